The smallest absolute Gasteiger partial charge is 0.394 e. The van der Waals surface area contributed by atoms with E-state index >= 15 is 0 Å². The van der Waals surface area contributed by atoms with Crippen molar-refractivity contribution in [3.05, 3.63) is 30.1 Å². The highest BCUT2D eigenvalue weighted by Gasteiger charge is 2.54. The first kappa shape index (κ1) is 19.1. The van der Waals surface area contributed by atoms with E-state index in [1.807, 2.05) is 0 Å². The summed E-state index contributed by atoms with van der Waals surface area (Å²) >= 11 is 0. The fourth-order valence-corrected chi connectivity index (χ4v) is 3.60. The number of alkyl halides is 3. The number of hydrogen-bond acceptors (Lipinski definition) is 3. The van der Waals surface area contributed by atoms with E-state index < -0.39 is 60.6 Å². The lowest BCUT2D eigenvalue weighted by Gasteiger charge is -2.21. The number of rotatable bonds is 3. The van der Waals surface area contributed by atoms with Crippen LogP contribution in [0.15, 0.2) is 24.3 Å². The standard InChI is InChI=1S/C17H16F4N2O4/c18-12-3-1-2-4-13(12)23-6-9(5-14(23)24)15(25)22-7-10(16(26)27)11(8-22)17(19,20)21/h1-4,9-11H,5-8H2,(H,26,27)/t9?,10-,11-/m1/s1. The molecule has 6 nitrogen and oxygen atoms in total. The Morgan fingerprint density at radius 3 is 2.33 bits per heavy atom. The summed E-state index contributed by atoms with van der Waals surface area (Å²) in [7, 11) is 0. The summed E-state index contributed by atoms with van der Waals surface area (Å²) in [6.45, 7) is -1.49. The summed E-state index contributed by atoms with van der Waals surface area (Å²) in [6, 6.07) is 5.49. The molecule has 2 fully saturated rings. The van der Waals surface area contributed by atoms with Crippen LogP contribution in [0, 0.1) is 23.6 Å². The Morgan fingerprint density at radius 2 is 1.78 bits per heavy atom. The van der Waals surface area contributed by atoms with E-state index in [-0.39, 0.29) is 18.7 Å². The highest BCUT2D eigenvalue weighted by atomic mass is 19.4. The number of hydrogen-bond donors (Lipinski definition) is 1. The average Bonchev–Trinajstić information content (AvgIpc) is 3.19. The summed E-state index contributed by atoms with van der Waals surface area (Å²) < 4.78 is 53.1. The molecule has 1 aromatic carbocycles. The number of carbonyl (C=O) groups excluding carboxylic acids is 2. The number of carbonyl (C=O) groups is 3. The van der Waals surface area contributed by atoms with E-state index in [2.05, 4.69) is 0 Å². The van der Waals surface area contributed by atoms with Crippen molar-refractivity contribution in [1.29, 1.82) is 0 Å². The highest BCUT2D eigenvalue weighted by molar-refractivity contribution is 6.00. The van der Waals surface area contributed by atoms with Gasteiger partial charge in [0, 0.05) is 26.1 Å². The number of anilines is 1. The molecular formula is C17H16F4N2O4. The third-order valence-corrected chi connectivity index (χ3v) is 4.99. The largest absolute Gasteiger partial charge is 0.481 e. The summed E-state index contributed by atoms with van der Waals surface area (Å²) in [5.74, 6) is -8.35. The van der Waals surface area contributed by atoms with Gasteiger partial charge < -0.3 is 14.9 Å². The van der Waals surface area contributed by atoms with Crippen molar-refractivity contribution < 1.29 is 37.1 Å². The second-order valence-electron chi connectivity index (χ2n) is 6.69. The van der Waals surface area contributed by atoms with Crippen LogP contribution < -0.4 is 4.90 Å². The van der Waals surface area contributed by atoms with E-state index in [0.717, 1.165) is 15.9 Å². The number of nitrogens with zero attached hydrogens (tertiary/aromatic N) is 2. The normalized spacial score (nSPS) is 25.9. The maximum atomic E-state index is 13.9. The van der Waals surface area contributed by atoms with Gasteiger partial charge >= 0.3 is 12.1 Å². The van der Waals surface area contributed by atoms with Gasteiger partial charge in [0.25, 0.3) is 0 Å². The molecule has 3 atom stereocenters. The van der Waals surface area contributed by atoms with Gasteiger partial charge in [-0.05, 0) is 12.1 Å². The zero-order valence-electron chi connectivity index (χ0n) is 13.9. The molecule has 0 bridgehead atoms. The zero-order chi connectivity index (χ0) is 19.9. The molecule has 3 rings (SSSR count). The third kappa shape index (κ3) is 3.60. The van der Waals surface area contributed by atoms with E-state index in [9.17, 15) is 31.9 Å². The van der Waals surface area contributed by atoms with Crippen LogP contribution in [0.3, 0.4) is 0 Å². The molecule has 0 aliphatic carbocycles. The number of aliphatic carboxylic acids is 1. The Labute approximate surface area is 151 Å². The lowest BCUT2D eigenvalue weighted by molar-refractivity contribution is -0.188. The van der Waals surface area contributed by atoms with Crippen LogP contribution in [0.2, 0.25) is 0 Å². The maximum Gasteiger partial charge on any atom is 0.394 e. The van der Waals surface area contributed by atoms with E-state index in [1.54, 1.807) is 0 Å². The predicted molar refractivity (Wildman–Crippen MR) is 84.1 cm³/mol. The molecule has 0 spiro atoms. The van der Waals surface area contributed by atoms with Crippen molar-refractivity contribution in [3.8, 4) is 0 Å². The van der Waals surface area contributed by atoms with Crippen molar-refractivity contribution in [2.24, 2.45) is 17.8 Å². The van der Waals surface area contributed by atoms with Crippen molar-refractivity contribution in [3.63, 3.8) is 0 Å². The number of likely N-dealkylation sites (tertiary alicyclic amines) is 1. The topological polar surface area (TPSA) is 77.9 Å². The van der Waals surface area contributed by atoms with Gasteiger partial charge in [-0.1, -0.05) is 12.1 Å². The lowest BCUT2D eigenvalue weighted by Crippen LogP contribution is -2.37. The SMILES string of the molecule is O=C(O)[C@@H]1CN(C(=O)C2CC(=O)N(c3ccccc3F)C2)C[C@H]1C(F)(F)F. The van der Waals surface area contributed by atoms with Crippen LogP contribution >= 0.6 is 0 Å². The molecule has 2 aliphatic rings. The van der Waals surface area contributed by atoms with Crippen molar-refractivity contribution in [1.82, 2.24) is 4.90 Å². The first-order valence-electron chi connectivity index (χ1n) is 8.22. The second kappa shape index (κ2) is 6.82. The summed E-state index contributed by atoms with van der Waals surface area (Å²) in [5.41, 5.74) is -0.00389. The van der Waals surface area contributed by atoms with Gasteiger partial charge in [0.1, 0.15) is 5.82 Å². The minimum Gasteiger partial charge on any atom is -0.481 e. The van der Waals surface area contributed by atoms with Crippen LogP contribution in [0.4, 0.5) is 23.2 Å². The number of benzene rings is 1. The van der Waals surface area contributed by atoms with Crippen LogP contribution in [0.1, 0.15) is 6.42 Å². The third-order valence-electron chi connectivity index (χ3n) is 4.99. The summed E-state index contributed by atoms with van der Waals surface area (Å²) in [5, 5.41) is 9.03. The second-order valence-corrected chi connectivity index (χ2v) is 6.69. The van der Waals surface area contributed by atoms with E-state index in [4.69, 9.17) is 5.11 Å². The van der Waals surface area contributed by atoms with Gasteiger partial charge in [0.05, 0.1) is 23.4 Å². The van der Waals surface area contributed by atoms with Gasteiger partial charge in [-0.2, -0.15) is 13.2 Å². The molecule has 1 unspecified atom stereocenters. The number of carboxylic acid groups (broad SMARTS) is 1. The molecule has 1 N–H and O–H groups in total. The molecule has 2 heterocycles. The maximum absolute atomic E-state index is 13.9. The van der Waals surface area contributed by atoms with Crippen LogP contribution in [-0.2, 0) is 14.4 Å². The predicted octanol–water partition coefficient (Wildman–Crippen LogP) is 1.90. The Balaban J connectivity index is 1.75. The van der Waals surface area contributed by atoms with E-state index in [0.29, 0.717) is 0 Å². The van der Waals surface area contributed by atoms with Crippen LogP contribution in [-0.4, -0.2) is 53.6 Å². The van der Waals surface area contributed by atoms with E-state index in [1.165, 1.54) is 18.2 Å². The number of amides is 2. The lowest BCUT2D eigenvalue weighted by atomic mass is 9.96. The van der Waals surface area contributed by atoms with Gasteiger partial charge in [0.2, 0.25) is 11.8 Å². The molecule has 2 saturated heterocycles. The van der Waals surface area contributed by atoms with Gasteiger partial charge in [0.15, 0.2) is 0 Å². The number of carboxylic acids is 1. The van der Waals surface area contributed by atoms with Crippen LogP contribution in [0.25, 0.3) is 0 Å². The van der Waals surface area contributed by atoms with Crippen LogP contribution in [0.5, 0.6) is 0 Å². The molecule has 27 heavy (non-hydrogen) atoms. The summed E-state index contributed by atoms with van der Waals surface area (Å²) in [4.78, 5) is 37.8. The molecule has 146 valence electrons. The molecule has 2 aliphatic heterocycles. The highest BCUT2D eigenvalue weighted by Crippen LogP contribution is 2.39. The van der Waals surface area contributed by atoms with Gasteiger partial charge in [-0.3, -0.25) is 14.4 Å². The molecule has 0 saturated carbocycles. The quantitative estimate of drug-likeness (QED) is 0.803. The monoisotopic (exact) mass is 388 g/mol. The number of halogens is 4. The first-order chi connectivity index (χ1) is 12.6. The van der Waals surface area contributed by atoms with Crippen molar-refractivity contribution >= 4 is 23.5 Å². The Kier molecular flexibility index (Phi) is 4.83. The molecule has 0 aromatic heterocycles. The fourth-order valence-electron chi connectivity index (χ4n) is 3.60. The molecular weight excluding hydrogens is 372 g/mol. The average molecular weight is 388 g/mol. The Bertz CT molecular complexity index is 782. The minimum absolute atomic E-state index is 0.00389. The van der Waals surface area contributed by atoms with Gasteiger partial charge in [-0.15, -0.1) is 0 Å². The fraction of sp³-hybridized carbons (Fsp3) is 0.471. The molecule has 2 amide bonds. The summed E-state index contributed by atoms with van der Waals surface area (Å²) in [6.07, 6.45) is -5.01. The molecule has 10 heteroatoms. The molecule has 1 aromatic rings. The Hall–Kier alpha value is -2.65. The molecule has 0 radical (unpaired) electrons. The van der Waals surface area contributed by atoms with Crippen molar-refractivity contribution in [2.75, 3.05) is 24.5 Å². The van der Waals surface area contributed by atoms with Gasteiger partial charge in [-0.25, -0.2) is 4.39 Å². The van der Waals surface area contributed by atoms with Crippen molar-refractivity contribution in [2.45, 2.75) is 12.6 Å². The zero-order valence-corrected chi connectivity index (χ0v) is 13.9. The Morgan fingerprint density at radius 1 is 1.11 bits per heavy atom. The first-order valence-corrected chi connectivity index (χ1v) is 8.22. The number of para-hydroxylation sites is 1. The minimum atomic E-state index is -4.75.